The summed E-state index contributed by atoms with van der Waals surface area (Å²) < 4.78 is 24.6. The van der Waals surface area contributed by atoms with Crippen LogP contribution in [0.3, 0.4) is 0 Å². The van der Waals surface area contributed by atoms with E-state index in [2.05, 4.69) is 13.8 Å². The minimum absolute atomic E-state index is 0.369. The Bertz CT molecular complexity index is 250. The lowest BCUT2D eigenvalue weighted by molar-refractivity contribution is -0.139. The van der Waals surface area contributed by atoms with Crippen molar-refractivity contribution in [2.45, 2.75) is 0 Å². The molecule has 0 radical (unpaired) electrons. The van der Waals surface area contributed by atoms with Crippen molar-refractivity contribution in [1.82, 2.24) is 0 Å². The number of hydrogen-bond acceptors (Lipinski definition) is 6. The Hall–Kier alpha value is -0.890. The summed E-state index contributed by atoms with van der Waals surface area (Å²) in [4.78, 5) is 10.8. The van der Waals surface area contributed by atoms with E-state index in [1.54, 1.807) is 6.07 Å². The maximum Gasteiger partial charge on any atom is 0.341 e. The van der Waals surface area contributed by atoms with Gasteiger partial charge in [-0.25, -0.2) is 0 Å². The van der Waals surface area contributed by atoms with E-state index < -0.39 is 19.7 Å². The number of nitriles is 1. The van der Waals surface area contributed by atoms with Gasteiger partial charge in [0.1, 0.15) is 12.2 Å². The highest BCUT2D eigenvalue weighted by molar-refractivity contribution is 7.54. The van der Waals surface area contributed by atoms with Gasteiger partial charge in [0.25, 0.3) is 0 Å². The summed E-state index contributed by atoms with van der Waals surface area (Å²) in [5.74, 6) is -0.784. The van der Waals surface area contributed by atoms with Crippen LogP contribution in [0.5, 0.6) is 0 Å². The predicted octanol–water partition coefficient (Wildman–Crippen LogP) is 0.539. The molecule has 74 valence electrons. The maximum atomic E-state index is 11.3. The lowest BCUT2D eigenvalue weighted by atomic mass is 10.7. The van der Waals surface area contributed by atoms with E-state index in [1.807, 2.05) is 0 Å². The van der Waals surface area contributed by atoms with Gasteiger partial charge in [-0.3, -0.25) is 9.36 Å². The molecule has 13 heavy (non-hydrogen) atoms. The molecule has 0 aromatic carbocycles. The van der Waals surface area contributed by atoms with E-state index in [-0.39, 0.29) is 6.61 Å². The van der Waals surface area contributed by atoms with Gasteiger partial charge in [-0.15, -0.1) is 0 Å². The smallest absolute Gasteiger partial charge is 0.341 e. The van der Waals surface area contributed by atoms with Gasteiger partial charge in [-0.2, -0.15) is 5.26 Å². The summed E-state index contributed by atoms with van der Waals surface area (Å²) in [5, 5.41) is 8.07. The van der Waals surface area contributed by atoms with Crippen LogP contribution < -0.4 is 0 Å². The third-order valence-corrected chi connectivity index (χ3v) is 2.93. The van der Waals surface area contributed by atoms with Crippen molar-refractivity contribution in [3.8, 4) is 6.07 Å². The Morgan fingerprint density at radius 1 is 1.46 bits per heavy atom. The van der Waals surface area contributed by atoms with Crippen molar-refractivity contribution >= 4 is 13.6 Å². The van der Waals surface area contributed by atoms with Crippen molar-refractivity contribution < 1.29 is 23.1 Å². The SMILES string of the molecule is COP(=O)(CC(=O)OCC#N)OC. The second-order valence-corrected chi connectivity index (χ2v) is 4.22. The van der Waals surface area contributed by atoms with Crippen LogP contribution in [-0.4, -0.2) is 33.0 Å². The average molecular weight is 207 g/mol. The number of esters is 1. The van der Waals surface area contributed by atoms with Crippen molar-refractivity contribution in [2.75, 3.05) is 27.0 Å². The molecule has 0 fully saturated rings. The zero-order valence-electron chi connectivity index (χ0n) is 7.35. The molecule has 6 nitrogen and oxygen atoms in total. The highest BCUT2D eigenvalue weighted by atomic mass is 31.2. The second-order valence-electron chi connectivity index (χ2n) is 1.95. The van der Waals surface area contributed by atoms with E-state index >= 15 is 0 Å². The molecule has 0 aliphatic heterocycles. The summed E-state index contributed by atoms with van der Waals surface area (Å²) in [6.45, 7) is -0.369. The third-order valence-electron chi connectivity index (χ3n) is 1.18. The zero-order chi connectivity index (χ0) is 10.3. The van der Waals surface area contributed by atoms with Gasteiger partial charge in [-0.1, -0.05) is 0 Å². The molecule has 0 rings (SSSR count). The van der Waals surface area contributed by atoms with Crippen molar-refractivity contribution in [2.24, 2.45) is 0 Å². The fraction of sp³-hybridized carbons (Fsp3) is 0.667. The zero-order valence-corrected chi connectivity index (χ0v) is 8.24. The fourth-order valence-electron chi connectivity index (χ4n) is 0.520. The normalized spacial score (nSPS) is 10.5. The molecule has 0 aliphatic carbocycles. The molecule has 0 unspecified atom stereocenters. The summed E-state index contributed by atoms with van der Waals surface area (Å²) in [6, 6.07) is 1.61. The number of ether oxygens (including phenoxy) is 1. The number of hydrogen-bond donors (Lipinski definition) is 0. The molecule has 7 heteroatoms. The van der Waals surface area contributed by atoms with Crippen molar-refractivity contribution in [3.05, 3.63) is 0 Å². The first-order valence-electron chi connectivity index (χ1n) is 3.31. The van der Waals surface area contributed by atoms with Crippen LogP contribution in [0, 0.1) is 11.3 Å². The van der Waals surface area contributed by atoms with Gasteiger partial charge in [-0.05, 0) is 0 Å². The molecule has 0 N–H and O–H groups in total. The molecule has 0 saturated heterocycles. The fourth-order valence-corrected chi connectivity index (χ4v) is 1.33. The Balaban J connectivity index is 4.04. The molecule has 0 aromatic rings. The molecule has 0 aliphatic rings. The molecule has 0 amide bonds. The number of rotatable bonds is 5. The molecule has 0 atom stereocenters. The van der Waals surface area contributed by atoms with Crippen molar-refractivity contribution in [3.63, 3.8) is 0 Å². The quantitative estimate of drug-likeness (QED) is 0.483. The van der Waals surface area contributed by atoms with Gasteiger partial charge < -0.3 is 13.8 Å². The van der Waals surface area contributed by atoms with Gasteiger partial charge in [0.2, 0.25) is 0 Å². The van der Waals surface area contributed by atoms with Crippen LogP contribution in [0.1, 0.15) is 0 Å². The number of nitrogens with zero attached hydrogens (tertiary/aromatic N) is 1. The third kappa shape index (κ3) is 4.63. The van der Waals surface area contributed by atoms with E-state index in [1.165, 1.54) is 14.2 Å². The molecular formula is C6H10NO5P. The minimum Gasteiger partial charge on any atom is -0.450 e. The highest BCUT2D eigenvalue weighted by Gasteiger charge is 2.26. The van der Waals surface area contributed by atoms with Gasteiger partial charge in [0, 0.05) is 14.2 Å². The van der Waals surface area contributed by atoms with Crippen LogP contribution in [-0.2, 0) is 23.1 Å². The standard InChI is InChI=1S/C6H10NO5P/c1-10-13(9,11-2)5-6(8)12-4-3-7/h4-5H2,1-2H3. The Kier molecular flexibility index (Phi) is 5.31. The Morgan fingerprint density at radius 3 is 2.38 bits per heavy atom. The summed E-state index contributed by atoms with van der Waals surface area (Å²) in [7, 11) is -1.02. The van der Waals surface area contributed by atoms with Gasteiger partial charge in [0.05, 0.1) is 0 Å². The van der Waals surface area contributed by atoms with Crippen molar-refractivity contribution in [1.29, 1.82) is 5.26 Å². The van der Waals surface area contributed by atoms with Gasteiger partial charge in [0.15, 0.2) is 6.61 Å². The molecular weight excluding hydrogens is 197 g/mol. The average Bonchev–Trinajstić information content (AvgIpc) is 2.14. The first-order chi connectivity index (χ1) is 6.08. The maximum absolute atomic E-state index is 11.3. The van der Waals surface area contributed by atoms with Crippen LogP contribution >= 0.6 is 7.60 Å². The van der Waals surface area contributed by atoms with E-state index in [9.17, 15) is 9.36 Å². The number of carbonyl (C=O) groups excluding carboxylic acids is 1. The van der Waals surface area contributed by atoms with Crippen LogP contribution in [0.2, 0.25) is 0 Å². The van der Waals surface area contributed by atoms with Crippen LogP contribution in [0.15, 0.2) is 0 Å². The molecule has 0 saturated carbocycles. The summed E-state index contributed by atoms with van der Waals surface area (Å²) in [5.41, 5.74) is 0. The van der Waals surface area contributed by atoms with E-state index in [0.717, 1.165) is 0 Å². The van der Waals surface area contributed by atoms with Gasteiger partial charge >= 0.3 is 13.6 Å². The van der Waals surface area contributed by atoms with E-state index in [0.29, 0.717) is 0 Å². The number of carbonyl (C=O) groups is 1. The second kappa shape index (κ2) is 5.70. The molecule has 0 aromatic heterocycles. The Morgan fingerprint density at radius 2 is 2.00 bits per heavy atom. The van der Waals surface area contributed by atoms with Crippen LogP contribution in [0.25, 0.3) is 0 Å². The Labute approximate surface area is 75.9 Å². The van der Waals surface area contributed by atoms with E-state index in [4.69, 9.17) is 5.26 Å². The summed E-state index contributed by atoms with van der Waals surface area (Å²) in [6.07, 6.45) is -0.484. The first kappa shape index (κ1) is 12.1. The van der Waals surface area contributed by atoms with Crippen LogP contribution in [0.4, 0.5) is 0 Å². The minimum atomic E-state index is -3.36. The first-order valence-corrected chi connectivity index (χ1v) is 5.04. The molecule has 0 spiro atoms. The lowest BCUT2D eigenvalue weighted by Crippen LogP contribution is -2.11. The molecule has 0 bridgehead atoms. The summed E-state index contributed by atoms with van der Waals surface area (Å²) >= 11 is 0. The lowest BCUT2D eigenvalue weighted by Gasteiger charge is -2.11. The largest absolute Gasteiger partial charge is 0.450 e. The monoisotopic (exact) mass is 207 g/mol. The topological polar surface area (TPSA) is 85.6 Å². The highest BCUT2D eigenvalue weighted by Crippen LogP contribution is 2.45. The molecule has 0 heterocycles. The predicted molar refractivity (Wildman–Crippen MR) is 43.1 cm³/mol.